The van der Waals surface area contributed by atoms with Crippen LogP contribution in [0.4, 0.5) is 0 Å². The van der Waals surface area contributed by atoms with Crippen LogP contribution in [0.1, 0.15) is 341 Å². The van der Waals surface area contributed by atoms with E-state index in [1.807, 2.05) is 21.1 Å². The zero-order valence-electron chi connectivity index (χ0n) is 60.7. The van der Waals surface area contributed by atoms with Gasteiger partial charge < -0.3 is 28.5 Å². The molecular formula is C83H146NO8+. The third-order valence-corrected chi connectivity index (χ3v) is 16.8. The summed E-state index contributed by atoms with van der Waals surface area (Å²) in [5.41, 5.74) is 0. The lowest BCUT2D eigenvalue weighted by molar-refractivity contribution is -0.870. The Kier molecular flexibility index (Phi) is 69.6. The summed E-state index contributed by atoms with van der Waals surface area (Å²) in [6.07, 6.45) is 99.4. The molecule has 0 saturated heterocycles. The molecular weight excluding hydrogens is 1140 g/mol. The topological polar surface area (TPSA) is 108 Å². The maximum absolute atomic E-state index is 13.0. The molecule has 0 heterocycles. The van der Waals surface area contributed by atoms with Crippen LogP contribution in [0.5, 0.6) is 0 Å². The second-order valence-corrected chi connectivity index (χ2v) is 26.9. The number of carbonyl (C=O) groups is 3. The number of likely N-dealkylation sites (N-methyl/N-ethyl adjacent to an activating group) is 1. The monoisotopic (exact) mass is 1290 g/mol. The Morgan fingerprint density at radius 1 is 0.337 bits per heavy atom. The zero-order valence-corrected chi connectivity index (χ0v) is 60.7. The predicted octanol–water partition coefficient (Wildman–Crippen LogP) is 24.5. The minimum absolute atomic E-state index is 0.184. The number of nitrogens with zero attached hydrogens (tertiary/aromatic N) is 1. The van der Waals surface area contributed by atoms with E-state index in [9.17, 15) is 19.5 Å². The first-order valence-electron chi connectivity index (χ1n) is 38.6. The van der Waals surface area contributed by atoms with Gasteiger partial charge in [0.2, 0.25) is 0 Å². The summed E-state index contributed by atoms with van der Waals surface area (Å²) < 4.78 is 23.0. The lowest BCUT2D eigenvalue weighted by Gasteiger charge is -2.25. The molecule has 0 aromatic heterocycles. The number of unbranched alkanes of at least 4 members (excludes halogenated alkanes) is 38. The van der Waals surface area contributed by atoms with E-state index < -0.39 is 24.3 Å². The number of allylic oxidation sites excluding steroid dienone is 18. The number of esters is 2. The smallest absolute Gasteiger partial charge is 0.361 e. The van der Waals surface area contributed by atoms with Gasteiger partial charge in [0.15, 0.2) is 6.10 Å². The standard InChI is InChI=1S/C83H145NO8/c1-6-8-10-12-14-16-18-20-22-24-26-28-30-32-34-36-37-38-39-40-41-42-43-44-45-46-48-50-52-54-56-58-60-62-64-66-68-70-72-74-81(86)92-79(78-91-83(82(87)88)89-76-75-84(3,4)5)77-90-80(85)73-71-69-67-65-63-61-59-57-55-53-51-49-47-35-33-31-29-27-25-23-21-19-17-15-13-11-9-7-2/h8,10,14,16,20,22,26,28,32,34,37-38,40-41,43-44,46,48,79,83H,6-7,9,11-13,15,17-19,21,23-25,27,29-31,33,35-36,39,42,45,47,49-78H2,1-5H3/p+1/b10-8-,16-14-,22-20-,28-26-,34-32-,38-37-,41-40-,44-43-,48-46-. The summed E-state index contributed by atoms with van der Waals surface area (Å²) in [6.45, 7) is 4.80. The SMILES string of the molecule is CC/C=C\C/C=C\C/C=C\C/C=C\C/C=C\C/C=C\C/C=C\C/C=C\C/C=C\CCCCCCCCCCCCCC(=O)OC(COC(=O)CCCCCCCCCCCCCCCCCCCCCCCCCCCCCC)COC(OCC[N+](C)(C)C)C(=O)O. The van der Waals surface area contributed by atoms with Crippen molar-refractivity contribution < 1.29 is 42.9 Å². The molecule has 1 N–H and O–H groups in total. The van der Waals surface area contributed by atoms with Gasteiger partial charge in [0, 0.05) is 12.8 Å². The van der Waals surface area contributed by atoms with Gasteiger partial charge in [0.25, 0.3) is 6.29 Å². The van der Waals surface area contributed by atoms with Crippen LogP contribution < -0.4 is 0 Å². The highest BCUT2D eigenvalue weighted by Crippen LogP contribution is 2.19. The van der Waals surface area contributed by atoms with E-state index in [1.165, 1.54) is 205 Å². The number of quaternary nitrogens is 1. The van der Waals surface area contributed by atoms with E-state index >= 15 is 0 Å². The summed E-state index contributed by atoms with van der Waals surface area (Å²) in [5, 5.41) is 9.77. The molecule has 0 rings (SSSR count). The summed E-state index contributed by atoms with van der Waals surface area (Å²) in [5.74, 6) is -2.00. The molecule has 2 atom stereocenters. The summed E-state index contributed by atoms with van der Waals surface area (Å²) >= 11 is 0. The van der Waals surface area contributed by atoms with Crippen LogP contribution in [0.3, 0.4) is 0 Å². The van der Waals surface area contributed by atoms with Crippen LogP contribution >= 0.6 is 0 Å². The molecule has 0 fully saturated rings. The minimum atomic E-state index is -1.52. The number of carboxylic acids is 1. The number of ether oxygens (including phenoxy) is 4. The van der Waals surface area contributed by atoms with Crippen molar-refractivity contribution in [3.63, 3.8) is 0 Å². The van der Waals surface area contributed by atoms with Crippen molar-refractivity contribution in [1.29, 1.82) is 0 Å². The third-order valence-electron chi connectivity index (χ3n) is 16.8. The number of hydrogen-bond donors (Lipinski definition) is 1. The van der Waals surface area contributed by atoms with Crippen molar-refractivity contribution in [2.45, 2.75) is 354 Å². The van der Waals surface area contributed by atoms with Crippen molar-refractivity contribution in [2.75, 3.05) is 47.5 Å². The third kappa shape index (κ3) is 73.4. The summed E-state index contributed by atoms with van der Waals surface area (Å²) in [4.78, 5) is 37.7. The molecule has 530 valence electrons. The fourth-order valence-corrected chi connectivity index (χ4v) is 11.0. The Morgan fingerprint density at radius 3 is 0.924 bits per heavy atom. The quantitative estimate of drug-likeness (QED) is 0.0211. The fraction of sp³-hybridized carbons (Fsp3) is 0.747. The molecule has 0 aliphatic heterocycles. The van der Waals surface area contributed by atoms with Gasteiger partial charge in [-0.3, -0.25) is 9.59 Å². The Balaban J connectivity index is 4.08. The fourth-order valence-electron chi connectivity index (χ4n) is 11.0. The Labute approximate surface area is 568 Å². The maximum atomic E-state index is 13.0. The largest absolute Gasteiger partial charge is 0.477 e. The van der Waals surface area contributed by atoms with Crippen LogP contribution in [-0.2, 0) is 33.3 Å². The van der Waals surface area contributed by atoms with Gasteiger partial charge in [-0.15, -0.1) is 0 Å². The molecule has 0 spiro atoms. The van der Waals surface area contributed by atoms with E-state index in [1.54, 1.807) is 0 Å². The highest BCUT2D eigenvalue weighted by atomic mass is 16.7. The molecule has 9 heteroatoms. The molecule has 0 amide bonds. The molecule has 0 saturated carbocycles. The van der Waals surface area contributed by atoms with Crippen molar-refractivity contribution in [3.05, 3.63) is 109 Å². The average molecular weight is 1290 g/mol. The molecule has 0 aromatic carbocycles. The molecule has 2 unspecified atom stereocenters. The molecule has 0 aliphatic rings. The number of rotatable bonds is 71. The molecule has 0 radical (unpaired) electrons. The second-order valence-electron chi connectivity index (χ2n) is 26.9. The van der Waals surface area contributed by atoms with Gasteiger partial charge in [-0.1, -0.05) is 354 Å². The van der Waals surface area contributed by atoms with Gasteiger partial charge in [-0.25, -0.2) is 4.79 Å². The molecule has 9 nitrogen and oxygen atoms in total. The molecule has 92 heavy (non-hydrogen) atoms. The van der Waals surface area contributed by atoms with E-state index in [4.69, 9.17) is 18.9 Å². The molecule has 0 bridgehead atoms. The van der Waals surface area contributed by atoms with Crippen LogP contribution in [-0.4, -0.2) is 87.4 Å². The van der Waals surface area contributed by atoms with Gasteiger partial charge >= 0.3 is 17.9 Å². The number of carbonyl (C=O) groups excluding carboxylic acids is 2. The van der Waals surface area contributed by atoms with Crippen LogP contribution in [0.15, 0.2) is 109 Å². The van der Waals surface area contributed by atoms with Gasteiger partial charge in [0.05, 0.1) is 34.4 Å². The lowest BCUT2D eigenvalue weighted by atomic mass is 10.0. The number of hydrogen-bond acceptors (Lipinski definition) is 7. The Hall–Kier alpha value is -4.05. The van der Waals surface area contributed by atoms with Crippen LogP contribution in [0.25, 0.3) is 0 Å². The molecule has 0 aromatic rings. The van der Waals surface area contributed by atoms with Crippen molar-refractivity contribution in [3.8, 4) is 0 Å². The first-order chi connectivity index (χ1) is 45.1. The normalized spacial score (nSPS) is 13.3. The van der Waals surface area contributed by atoms with Crippen LogP contribution in [0.2, 0.25) is 0 Å². The Bertz CT molecular complexity index is 1880. The van der Waals surface area contributed by atoms with E-state index in [2.05, 4.69) is 123 Å². The maximum Gasteiger partial charge on any atom is 0.361 e. The highest BCUT2D eigenvalue weighted by Gasteiger charge is 2.25. The molecule has 0 aliphatic carbocycles. The average Bonchev–Trinajstić information content (AvgIpc) is 3.75. The van der Waals surface area contributed by atoms with Crippen molar-refractivity contribution in [1.82, 2.24) is 0 Å². The number of carboxylic acid groups (broad SMARTS) is 1. The highest BCUT2D eigenvalue weighted by molar-refractivity contribution is 5.71. The Morgan fingerprint density at radius 2 is 0.620 bits per heavy atom. The van der Waals surface area contributed by atoms with Crippen LogP contribution in [0, 0.1) is 0 Å². The predicted molar refractivity (Wildman–Crippen MR) is 396 cm³/mol. The van der Waals surface area contributed by atoms with Gasteiger partial charge in [-0.05, 0) is 83.5 Å². The second kappa shape index (κ2) is 72.8. The van der Waals surface area contributed by atoms with E-state index in [-0.39, 0.29) is 32.2 Å². The van der Waals surface area contributed by atoms with E-state index in [0.29, 0.717) is 23.9 Å². The zero-order chi connectivity index (χ0) is 66.8. The van der Waals surface area contributed by atoms with Crippen molar-refractivity contribution >= 4 is 17.9 Å². The lowest BCUT2D eigenvalue weighted by Crippen LogP contribution is -2.40. The van der Waals surface area contributed by atoms with E-state index in [0.717, 1.165) is 103 Å². The van der Waals surface area contributed by atoms with Gasteiger partial charge in [0.1, 0.15) is 13.2 Å². The first-order valence-corrected chi connectivity index (χ1v) is 38.6. The minimum Gasteiger partial charge on any atom is -0.477 e. The van der Waals surface area contributed by atoms with Crippen molar-refractivity contribution in [2.24, 2.45) is 0 Å². The first kappa shape index (κ1) is 88.0. The summed E-state index contributed by atoms with van der Waals surface area (Å²) in [7, 11) is 5.98. The summed E-state index contributed by atoms with van der Waals surface area (Å²) in [6, 6.07) is 0. The number of aliphatic carboxylic acids is 1. The van der Waals surface area contributed by atoms with Gasteiger partial charge in [-0.2, -0.15) is 0 Å².